The van der Waals surface area contributed by atoms with Crippen molar-refractivity contribution in [3.05, 3.63) is 11.6 Å². The fraction of sp³-hybridized carbons (Fsp3) is 0.800. The monoisotopic (exact) mass is 151 g/mol. The third-order valence-electron chi connectivity index (χ3n) is 2.85. The van der Waals surface area contributed by atoms with E-state index in [1.807, 2.05) is 0 Å². The first-order valence-electron chi connectivity index (χ1n) is 4.85. The summed E-state index contributed by atoms with van der Waals surface area (Å²) in [5.41, 5.74) is 1.66. The first-order valence-corrected chi connectivity index (χ1v) is 4.85. The highest BCUT2D eigenvalue weighted by Crippen LogP contribution is 2.27. The molecule has 1 saturated heterocycles. The van der Waals surface area contributed by atoms with Crippen LogP contribution in [0, 0.1) is 5.92 Å². The summed E-state index contributed by atoms with van der Waals surface area (Å²) in [7, 11) is 0. The second kappa shape index (κ2) is 3.40. The number of allylic oxidation sites excluding steroid dienone is 1. The van der Waals surface area contributed by atoms with Gasteiger partial charge in [0.2, 0.25) is 0 Å². The van der Waals surface area contributed by atoms with E-state index in [2.05, 4.69) is 11.4 Å². The predicted molar refractivity (Wildman–Crippen MR) is 47.5 cm³/mol. The van der Waals surface area contributed by atoms with Gasteiger partial charge in [0.1, 0.15) is 0 Å². The summed E-state index contributed by atoms with van der Waals surface area (Å²) in [5, 5.41) is 3.38. The second-order valence-electron chi connectivity index (χ2n) is 3.80. The van der Waals surface area contributed by atoms with Gasteiger partial charge in [0.15, 0.2) is 0 Å². The zero-order valence-electron chi connectivity index (χ0n) is 7.10. The fourth-order valence-electron chi connectivity index (χ4n) is 2.19. The van der Waals surface area contributed by atoms with E-state index in [9.17, 15) is 0 Å². The van der Waals surface area contributed by atoms with Gasteiger partial charge in [0.05, 0.1) is 0 Å². The second-order valence-corrected chi connectivity index (χ2v) is 3.80. The summed E-state index contributed by atoms with van der Waals surface area (Å²) in [4.78, 5) is 0. The van der Waals surface area contributed by atoms with Crippen LogP contribution >= 0.6 is 0 Å². The highest BCUT2D eigenvalue weighted by atomic mass is 14.9. The molecular weight excluding hydrogens is 134 g/mol. The maximum Gasteiger partial charge on any atom is 0.0165 e. The van der Waals surface area contributed by atoms with Crippen LogP contribution in [0.1, 0.15) is 32.1 Å². The molecule has 1 heterocycles. The maximum atomic E-state index is 3.38. The van der Waals surface area contributed by atoms with Gasteiger partial charge in [-0.3, -0.25) is 0 Å². The zero-order chi connectivity index (χ0) is 7.52. The third kappa shape index (κ3) is 1.84. The summed E-state index contributed by atoms with van der Waals surface area (Å²) in [5.74, 6) is 0.935. The van der Waals surface area contributed by atoms with Gasteiger partial charge in [-0.1, -0.05) is 24.5 Å². The molecule has 0 spiro atoms. The Bertz CT molecular complexity index is 146. The van der Waals surface area contributed by atoms with E-state index in [-0.39, 0.29) is 0 Å². The molecule has 1 saturated carbocycles. The molecule has 0 atom stereocenters. The number of rotatable bonds is 1. The van der Waals surface area contributed by atoms with Crippen molar-refractivity contribution in [3.8, 4) is 0 Å². The summed E-state index contributed by atoms with van der Waals surface area (Å²) >= 11 is 0. The van der Waals surface area contributed by atoms with Crippen LogP contribution in [0.15, 0.2) is 11.6 Å². The molecule has 0 amide bonds. The van der Waals surface area contributed by atoms with Crippen LogP contribution < -0.4 is 5.32 Å². The molecule has 1 heteroatoms. The van der Waals surface area contributed by atoms with Crippen LogP contribution in [0.2, 0.25) is 0 Å². The van der Waals surface area contributed by atoms with Crippen molar-refractivity contribution in [1.29, 1.82) is 0 Å². The molecular formula is C10H17N. The lowest BCUT2D eigenvalue weighted by Gasteiger charge is -2.02. The van der Waals surface area contributed by atoms with Gasteiger partial charge in [-0.15, -0.1) is 0 Å². The van der Waals surface area contributed by atoms with Crippen molar-refractivity contribution in [3.63, 3.8) is 0 Å². The van der Waals surface area contributed by atoms with Crippen LogP contribution in [0.4, 0.5) is 0 Å². The summed E-state index contributed by atoms with van der Waals surface area (Å²) in [6, 6.07) is 0. The van der Waals surface area contributed by atoms with Crippen LogP contribution in [0.3, 0.4) is 0 Å². The molecule has 1 aliphatic heterocycles. The standard InChI is InChI=1S/C10H17N/c1-2-4-9(3-1)7-10-5-6-11-8-10/h7,9,11H,1-6,8H2. The molecule has 0 radical (unpaired) electrons. The average Bonchev–Trinajstić information content (AvgIpc) is 2.60. The van der Waals surface area contributed by atoms with E-state index in [0.717, 1.165) is 12.5 Å². The molecule has 0 aromatic carbocycles. The highest BCUT2D eigenvalue weighted by Gasteiger charge is 2.14. The van der Waals surface area contributed by atoms with Crippen molar-refractivity contribution >= 4 is 0 Å². The van der Waals surface area contributed by atoms with E-state index < -0.39 is 0 Å². The van der Waals surface area contributed by atoms with Gasteiger partial charge >= 0.3 is 0 Å². The van der Waals surface area contributed by atoms with Gasteiger partial charge in [-0.05, 0) is 31.7 Å². The van der Waals surface area contributed by atoms with Crippen molar-refractivity contribution in [2.24, 2.45) is 5.92 Å². The minimum Gasteiger partial charge on any atom is -0.313 e. The zero-order valence-corrected chi connectivity index (χ0v) is 7.10. The smallest absolute Gasteiger partial charge is 0.0165 e. The molecule has 0 bridgehead atoms. The Morgan fingerprint density at radius 1 is 1.27 bits per heavy atom. The van der Waals surface area contributed by atoms with Crippen LogP contribution in [0.5, 0.6) is 0 Å². The maximum absolute atomic E-state index is 3.38. The number of nitrogens with one attached hydrogen (secondary N) is 1. The highest BCUT2D eigenvalue weighted by molar-refractivity contribution is 5.11. The lowest BCUT2D eigenvalue weighted by molar-refractivity contribution is 0.678. The predicted octanol–water partition coefficient (Wildman–Crippen LogP) is 2.10. The lowest BCUT2D eigenvalue weighted by atomic mass is 10.0. The fourth-order valence-corrected chi connectivity index (χ4v) is 2.19. The largest absolute Gasteiger partial charge is 0.313 e. The Balaban J connectivity index is 1.89. The van der Waals surface area contributed by atoms with Crippen molar-refractivity contribution < 1.29 is 0 Å². The SMILES string of the molecule is C(=C1CCNC1)C1CCCC1. The lowest BCUT2D eigenvalue weighted by Crippen LogP contribution is -2.05. The minimum atomic E-state index is 0.935. The Morgan fingerprint density at radius 3 is 2.73 bits per heavy atom. The quantitative estimate of drug-likeness (QED) is 0.566. The summed E-state index contributed by atoms with van der Waals surface area (Å²) < 4.78 is 0. The molecule has 1 nitrogen and oxygen atoms in total. The molecule has 2 fully saturated rings. The van der Waals surface area contributed by atoms with Crippen molar-refractivity contribution in [1.82, 2.24) is 5.32 Å². The molecule has 1 N–H and O–H groups in total. The van der Waals surface area contributed by atoms with E-state index >= 15 is 0 Å². The molecule has 0 unspecified atom stereocenters. The first kappa shape index (κ1) is 7.35. The van der Waals surface area contributed by atoms with Crippen LogP contribution in [0.25, 0.3) is 0 Å². The Kier molecular flexibility index (Phi) is 2.27. The normalized spacial score (nSPS) is 30.4. The first-order chi connectivity index (χ1) is 5.45. The van der Waals surface area contributed by atoms with Gasteiger partial charge < -0.3 is 5.32 Å². The minimum absolute atomic E-state index is 0.935. The van der Waals surface area contributed by atoms with E-state index in [1.54, 1.807) is 5.57 Å². The Hall–Kier alpha value is -0.300. The topological polar surface area (TPSA) is 12.0 Å². The molecule has 2 aliphatic rings. The molecule has 1 aliphatic carbocycles. The number of hydrogen-bond donors (Lipinski definition) is 1. The van der Waals surface area contributed by atoms with Gasteiger partial charge in [-0.2, -0.15) is 0 Å². The Labute approximate surface area is 68.9 Å². The summed E-state index contributed by atoms with van der Waals surface area (Å²) in [6.07, 6.45) is 9.65. The van der Waals surface area contributed by atoms with Crippen molar-refractivity contribution in [2.45, 2.75) is 32.1 Å². The molecule has 0 aromatic heterocycles. The summed E-state index contributed by atoms with van der Waals surface area (Å²) in [6.45, 7) is 2.37. The van der Waals surface area contributed by atoms with Gasteiger partial charge in [0, 0.05) is 6.54 Å². The van der Waals surface area contributed by atoms with Crippen LogP contribution in [-0.2, 0) is 0 Å². The third-order valence-corrected chi connectivity index (χ3v) is 2.85. The van der Waals surface area contributed by atoms with Gasteiger partial charge in [-0.25, -0.2) is 0 Å². The van der Waals surface area contributed by atoms with E-state index in [0.29, 0.717) is 0 Å². The molecule has 2 rings (SSSR count). The van der Waals surface area contributed by atoms with E-state index in [1.165, 1.54) is 38.6 Å². The van der Waals surface area contributed by atoms with Gasteiger partial charge in [0.25, 0.3) is 0 Å². The van der Waals surface area contributed by atoms with E-state index in [4.69, 9.17) is 0 Å². The molecule has 0 aromatic rings. The number of hydrogen-bond acceptors (Lipinski definition) is 1. The van der Waals surface area contributed by atoms with Crippen LogP contribution in [-0.4, -0.2) is 13.1 Å². The van der Waals surface area contributed by atoms with Crippen molar-refractivity contribution in [2.75, 3.05) is 13.1 Å². The Morgan fingerprint density at radius 2 is 2.09 bits per heavy atom. The average molecular weight is 151 g/mol. The molecule has 62 valence electrons. The molecule has 11 heavy (non-hydrogen) atoms.